The third kappa shape index (κ3) is 6.15. The van der Waals surface area contributed by atoms with Crippen LogP contribution in [0.4, 0.5) is 11.4 Å². The maximum atomic E-state index is 13.3. The van der Waals surface area contributed by atoms with Crippen molar-refractivity contribution >= 4 is 35.0 Å². The number of carbonyl (C=O) groups is 2. The standard InChI is InChI=1S/C29H26N2O2S/c1-20-11-15-23(16-12-20)28(32)31-25-9-6-10-26(19-25)34-27(22-7-4-3-5-8-22)29(33)30-24-17-13-21(2)14-18-24/h3-19,27H,1-2H3,(H,30,33)(H,31,32). The van der Waals surface area contributed by atoms with Gasteiger partial charge in [0.25, 0.3) is 5.91 Å². The molecule has 0 spiro atoms. The molecule has 0 radical (unpaired) electrons. The summed E-state index contributed by atoms with van der Waals surface area (Å²) in [6.07, 6.45) is 0. The van der Waals surface area contributed by atoms with Crippen molar-refractivity contribution in [3.8, 4) is 0 Å². The first-order valence-corrected chi connectivity index (χ1v) is 11.9. The number of thioether (sulfide) groups is 1. The Morgan fingerprint density at radius 1 is 0.676 bits per heavy atom. The van der Waals surface area contributed by atoms with E-state index in [1.165, 1.54) is 11.8 Å². The van der Waals surface area contributed by atoms with E-state index in [9.17, 15) is 9.59 Å². The summed E-state index contributed by atoms with van der Waals surface area (Å²) >= 11 is 1.45. The first kappa shape index (κ1) is 23.3. The van der Waals surface area contributed by atoms with E-state index < -0.39 is 5.25 Å². The zero-order chi connectivity index (χ0) is 23.9. The molecule has 4 aromatic carbocycles. The van der Waals surface area contributed by atoms with Crippen molar-refractivity contribution in [2.45, 2.75) is 24.0 Å². The number of amides is 2. The molecule has 2 amide bonds. The van der Waals surface area contributed by atoms with E-state index >= 15 is 0 Å². The quantitative estimate of drug-likeness (QED) is 0.288. The van der Waals surface area contributed by atoms with Crippen molar-refractivity contribution in [3.63, 3.8) is 0 Å². The van der Waals surface area contributed by atoms with Crippen LogP contribution in [-0.2, 0) is 4.79 Å². The number of nitrogens with one attached hydrogen (secondary N) is 2. The minimum absolute atomic E-state index is 0.103. The SMILES string of the molecule is Cc1ccc(NC(=O)C(Sc2cccc(NC(=O)c3ccc(C)cc3)c2)c2ccccc2)cc1. The molecule has 4 nitrogen and oxygen atoms in total. The molecule has 170 valence electrons. The number of anilines is 2. The lowest BCUT2D eigenvalue weighted by Gasteiger charge is -2.18. The van der Waals surface area contributed by atoms with Gasteiger partial charge in [0.05, 0.1) is 0 Å². The van der Waals surface area contributed by atoms with Gasteiger partial charge in [0.2, 0.25) is 5.91 Å². The molecule has 1 unspecified atom stereocenters. The van der Waals surface area contributed by atoms with Crippen LogP contribution in [0.15, 0.2) is 108 Å². The van der Waals surface area contributed by atoms with E-state index in [1.54, 1.807) is 0 Å². The first-order valence-electron chi connectivity index (χ1n) is 11.1. The molecule has 0 bridgehead atoms. The second-order valence-corrected chi connectivity index (χ2v) is 9.29. The minimum atomic E-state index is -0.453. The molecule has 0 fully saturated rings. The summed E-state index contributed by atoms with van der Waals surface area (Å²) in [5.74, 6) is -0.270. The van der Waals surface area contributed by atoms with Gasteiger partial charge in [-0.25, -0.2) is 0 Å². The van der Waals surface area contributed by atoms with Crippen LogP contribution in [0.1, 0.15) is 32.3 Å². The highest BCUT2D eigenvalue weighted by molar-refractivity contribution is 8.00. The van der Waals surface area contributed by atoms with Crippen molar-refractivity contribution in [2.75, 3.05) is 10.6 Å². The molecule has 0 aromatic heterocycles. The zero-order valence-electron chi connectivity index (χ0n) is 19.1. The monoisotopic (exact) mass is 466 g/mol. The van der Waals surface area contributed by atoms with Crippen LogP contribution in [0.2, 0.25) is 0 Å². The molecule has 0 aliphatic rings. The van der Waals surface area contributed by atoms with E-state index in [1.807, 2.05) is 117 Å². The molecule has 1 atom stereocenters. The fourth-order valence-corrected chi connectivity index (χ4v) is 4.52. The van der Waals surface area contributed by atoms with Crippen LogP contribution in [0.3, 0.4) is 0 Å². The highest BCUT2D eigenvalue weighted by Gasteiger charge is 2.22. The van der Waals surface area contributed by atoms with Crippen LogP contribution in [0.5, 0.6) is 0 Å². The van der Waals surface area contributed by atoms with E-state index in [4.69, 9.17) is 0 Å². The lowest BCUT2D eigenvalue weighted by Crippen LogP contribution is -2.19. The van der Waals surface area contributed by atoms with Crippen molar-refractivity contribution in [2.24, 2.45) is 0 Å². The van der Waals surface area contributed by atoms with Gasteiger partial charge in [0.1, 0.15) is 5.25 Å². The first-order chi connectivity index (χ1) is 16.5. The fraction of sp³-hybridized carbons (Fsp3) is 0.103. The lowest BCUT2D eigenvalue weighted by molar-refractivity contribution is -0.115. The fourth-order valence-electron chi connectivity index (χ4n) is 3.44. The van der Waals surface area contributed by atoms with Crippen LogP contribution in [0.25, 0.3) is 0 Å². The summed E-state index contributed by atoms with van der Waals surface area (Å²) in [5, 5.41) is 5.53. The summed E-state index contributed by atoms with van der Waals surface area (Å²) in [4.78, 5) is 26.8. The average molecular weight is 467 g/mol. The van der Waals surface area contributed by atoms with Crippen LogP contribution in [0, 0.1) is 13.8 Å². The molecule has 34 heavy (non-hydrogen) atoms. The lowest BCUT2D eigenvalue weighted by atomic mass is 10.1. The Kier molecular flexibility index (Phi) is 7.45. The molecule has 0 aliphatic carbocycles. The van der Waals surface area contributed by atoms with Gasteiger partial charge in [-0.3, -0.25) is 9.59 Å². The smallest absolute Gasteiger partial charge is 0.255 e. The third-order valence-electron chi connectivity index (χ3n) is 5.32. The average Bonchev–Trinajstić information content (AvgIpc) is 2.85. The minimum Gasteiger partial charge on any atom is -0.325 e. The third-order valence-corrected chi connectivity index (χ3v) is 6.57. The second-order valence-electron chi connectivity index (χ2n) is 8.11. The molecule has 0 saturated heterocycles. The van der Waals surface area contributed by atoms with E-state index in [0.717, 1.165) is 27.3 Å². The number of hydrogen-bond acceptors (Lipinski definition) is 3. The predicted molar refractivity (Wildman–Crippen MR) is 140 cm³/mol. The van der Waals surface area contributed by atoms with E-state index in [0.29, 0.717) is 11.3 Å². The Bertz CT molecular complexity index is 1270. The zero-order valence-corrected chi connectivity index (χ0v) is 19.9. The Labute approximate surface area is 204 Å². The number of carbonyl (C=O) groups excluding carboxylic acids is 2. The molecular formula is C29H26N2O2S. The predicted octanol–water partition coefficient (Wildman–Crippen LogP) is 7.03. The Hall–Kier alpha value is -3.83. The van der Waals surface area contributed by atoms with Gasteiger partial charge in [-0.15, -0.1) is 11.8 Å². The molecule has 0 heterocycles. The highest BCUT2D eigenvalue weighted by atomic mass is 32.2. The molecule has 4 aromatic rings. The largest absolute Gasteiger partial charge is 0.325 e. The normalized spacial score (nSPS) is 11.5. The molecule has 4 rings (SSSR count). The van der Waals surface area contributed by atoms with Crippen molar-refractivity contribution in [1.29, 1.82) is 0 Å². The molecule has 0 aliphatic heterocycles. The number of benzene rings is 4. The van der Waals surface area contributed by atoms with Crippen LogP contribution < -0.4 is 10.6 Å². The molecule has 2 N–H and O–H groups in total. The Morgan fingerprint density at radius 3 is 2.00 bits per heavy atom. The van der Waals surface area contributed by atoms with Crippen LogP contribution >= 0.6 is 11.8 Å². The molecular weight excluding hydrogens is 440 g/mol. The highest BCUT2D eigenvalue weighted by Crippen LogP contribution is 2.37. The Morgan fingerprint density at radius 2 is 1.32 bits per heavy atom. The van der Waals surface area contributed by atoms with Gasteiger partial charge in [-0.1, -0.05) is 71.8 Å². The number of rotatable bonds is 7. The summed E-state index contributed by atoms with van der Waals surface area (Å²) < 4.78 is 0. The summed E-state index contributed by atoms with van der Waals surface area (Å²) in [5.41, 5.74) is 5.19. The van der Waals surface area contributed by atoms with Crippen molar-refractivity contribution in [3.05, 3.63) is 125 Å². The summed E-state index contributed by atoms with van der Waals surface area (Å²) in [6.45, 7) is 4.00. The number of aryl methyl sites for hydroxylation is 2. The number of hydrogen-bond donors (Lipinski definition) is 2. The second kappa shape index (κ2) is 10.9. The van der Waals surface area contributed by atoms with Gasteiger partial charge in [-0.2, -0.15) is 0 Å². The van der Waals surface area contributed by atoms with Crippen molar-refractivity contribution in [1.82, 2.24) is 0 Å². The molecule has 5 heteroatoms. The van der Waals surface area contributed by atoms with Gasteiger partial charge >= 0.3 is 0 Å². The maximum Gasteiger partial charge on any atom is 0.255 e. The maximum absolute atomic E-state index is 13.3. The van der Waals surface area contributed by atoms with Gasteiger partial charge in [0, 0.05) is 21.8 Å². The Balaban J connectivity index is 1.53. The van der Waals surface area contributed by atoms with Gasteiger partial charge in [0.15, 0.2) is 0 Å². The summed E-state index contributed by atoms with van der Waals surface area (Å²) in [6, 6.07) is 32.5. The molecule has 0 saturated carbocycles. The van der Waals surface area contributed by atoms with Crippen molar-refractivity contribution < 1.29 is 9.59 Å². The van der Waals surface area contributed by atoms with Gasteiger partial charge in [-0.05, 0) is 61.9 Å². The summed E-state index contributed by atoms with van der Waals surface area (Å²) in [7, 11) is 0. The van der Waals surface area contributed by atoms with Gasteiger partial charge < -0.3 is 10.6 Å². The van der Waals surface area contributed by atoms with Crippen LogP contribution in [-0.4, -0.2) is 11.8 Å². The van der Waals surface area contributed by atoms with E-state index in [-0.39, 0.29) is 11.8 Å². The topological polar surface area (TPSA) is 58.2 Å². The van der Waals surface area contributed by atoms with E-state index in [2.05, 4.69) is 10.6 Å².